The predicted octanol–water partition coefficient (Wildman–Crippen LogP) is 5.70. The summed E-state index contributed by atoms with van der Waals surface area (Å²) in [6, 6.07) is 5.42. The fourth-order valence-corrected chi connectivity index (χ4v) is 2.70. The lowest BCUT2D eigenvalue weighted by Crippen LogP contribution is -2.02. The van der Waals surface area contributed by atoms with E-state index in [-0.39, 0.29) is 11.3 Å². The average molecular weight is 378 g/mol. The maximum Gasteiger partial charge on any atom is 0.222 e. The van der Waals surface area contributed by atoms with Crippen molar-refractivity contribution in [1.29, 1.82) is 0 Å². The Morgan fingerprint density at radius 3 is 2.44 bits per heavy atom. The number of phenols is 1. The summed E-state index contributed by atoms with van der Waals surface area (Å²) >= 11 is 0. The highest BCUT2D eigenvalue weighted by atomic mass is 19.1. The van der Waals surface area contributed by atoms with Crippen LogP contribution in [0.3, 0.4) is 0 Å². The van der Waals surface area contributed by atoms with Crippen LogP contribution in [0, 0.1) is 11.7 Å². The molecule has 0 saturated carbocycles. The molecule has 1 aromatic heterocycles. The SMILES string of the molecule is CC(=O)c1ccc(O)c(F)c1.CCCC(CCC(C)CC)c1cc(N)on1. The lowest BCUT2D eigenvalue weighted by atomic mass is 9.90. The molecule has 2 atom stereocenters. The van der Waals surface area contributed by atoms with E-state index in [2.05, 4.69) is 25.9 Å². The third-order valence-electron chi connectivity index (χ3n) is 4.66. The third-order valence-corrected chi connectivity index (χ3v) is 4.66. The standard InChI is InChI=1S/C13H24N2O.C8H7FO2/c1-4-6-11(8-7-10(3)5-2)12-9-13(14)16-15-12;1-5(10)6-2-3-8(11)7(9)4-6/h9-11H,4-8,14H2,1-3H3;2-4,11H,1H3. The van der Waals surface area contributed by atoms with E-state index in [1.165, 1.54) is 45.1 Å². The number of rotatable bonds is 8. The van der Waals surface area contributed by atoms with Gasteiger partial charge >= 0.3 is 0 Å². The van der Waals surface area contributed by atoms with Gasteiger partial charge in [0.2, 0.25) is 5.88 Å². The largest absolute Gasteiger partial charge is 0.505 e. The number of nitrogens with two attached hydrogens (primary N) is 1. The van der Waals surface area contributed by atoms with Crippen LogP contribution in [0.1, 0.15) is 81.8 Å². The van der Waals surface area contributed by atoms with E-state index in [4.69, 9.17) is 15.4 Å². The zero-order chi connectivity index (χ0) is 20.4. The molecular formula is C21H31FN2O3. The molecule has 0 radical (unpaired) electrons. The van der Waals surface area contributed by atoms with Crippen LogP contribution in [0.5, 0.6) is 5.75 Å². The maximum absolute atomic E-state index is 12.5. The molecule has 2 unspecified atom stereocenters. The topological polar surface area (TPSA) is 89.3 Å². The molecule has 1 aromatic carbocycles. The number of aromatic hydroxyl groups is 1. The first-order chi connectivity index (χ1) is 12.8. The fraction of sp³-hybridized carbons (Fsp3) is 0.524. The van der Waals surface area contributed by atoms with Crippen molar-refractivity contribution in [3.63, 3.8) is 0 Å². The highest BCUT2D eigenvalue weighted by Crippen LogP contribution is 2.28. The first-order valence-electron chi connectivity index (χ1n) is 9.49. The summed E-state index contributed by atoms with van der Waals surface area (Å²) in [4.78, 5) is 10.7. The van der Waals surface area contributed by atoms with Gasteiger partial charge < -0.3 is 15.4 Å². The molecule has 3 N–H and O–H groups in total. The third kappa shape index (κ3) is 7.81. The Balaban J connectivity index is 0.000000289. The Morgan fingerprint density at radius 1 is 1.26 bits per heavy atom. The number of carbonyl (C=O) groups excluding carboxylic acids is 1. The molecule has 0 bridgehead atoms. The number of hydrogen-bond donors (Lipinski definition) is 2. The van der Waals surface area contributed by atoms with E-state index in [0.717, 1.165) is 23.7 Å². The first-order valence-corrected chi connectivity index (χ1v) is 9.49. The smallest absolute Gasteiger partial charge is 0.222 e. The molecule has 150 valence electrons. The average Bonchev–Trinajstić information content (AvgIpc) is 3.07. The van der Waals surface area contributed by atoms with Crippen LogP contribution in [-0.2, 0) is 0 Å². The number of benzene rings is 1. The minimum Gasteiger partial charge on any atom is -0.505 e. The summed E-state index contributed by atoms with van der Waals surface area (Å²) in [5.74, 6) is 0.319. The van der Waals surface area contributed by atoms with Crippen LogP contribution in [0.25, 0.3) is 0 Å². The number of hydrogen-bond acceptors (Lipinski definition) is 5. The Labute approximate surface area is 160 Å². The molecule has 2 rings (SSSR count). The van der Waals surface area contributed by atoms with Crippen LogP contribution < -0.4 is 5.73 Å². The fourth-order valence-electron chi connectivity index (χ4n) is 2.70. The number of anilines is 1. The van der Waals surface area contributed by atoms with E-state index < -0.39 is 11.6 Å². The van der Waals surface area contributed by atoms with Gasteiger partial charge in [0.25, 0.3) is 0 Å². The van der Waals surface area contributed by atoms with Crippen molar-refractivity contribution in [3.8, 4) is 5.75 Å². The van der Waals surface area contributed by atoms with Crippen molar-refractivity contribution in [1.82, 2.24) is 5.16 Å². The molecule has 6 heteroatoms. The molecular weight excluding hydrogens is 347 g/mol. The van der Waals surface area contributed by atoms with Gasteiger partial charge in [0.1, 0.15) is 0 Å². The van der Waals surface area contributed by atoms with Crippen LogP contribution in [0.2, 0.25) is 0 Å². The summed E-state index contributed by atoms with van der Waals surface area (Å²) in [6.45, 7) is 8.10. The quantitative estimate of drug-likeness (QED) is 0.575. The van der Waals surface area contributed by atoms with E-state index in [1.807, 2.05) is 6.07 Å². The molecule has 0 spiro atoms. The van der Waals surface area contributed by atoms with Gasteiger partial charge in [-0.25, -0.2) is 4.39 Å². The summed E-state index contributed by atoms with van der Waals surface area (Å²) < 4.78 is 17.5. The van der Waals surface area contributed by atoms with Crippen molar-refractivity contribution >= 4 is 11.7 Å². The lowest BCUT2D eigenvalue weighted by Gasteiger charge is -2.15. The van der Waals surface area contributed by atoms with Crippen LogP contribution in [-0.4, -0.2) is 16.0 Å². The molecule has 1 heterocycles. The van der Waals surface area contributed by atoms with Crippen molar-refractivity contribution in [2.45, 2.75) is 65.7 Å². The molecule has 5 nitrogen and oxygen atoms in total. The van der Waals surface area contributed by atoms with E-state index in [0.29, 0.717) is 11.8 Å². The van der Waals surface area contributed by atoms with Gasteiger partial charge in [0.05, 0.1) is 5.69 Å². The summed E-state index contributed by atoms with van der Waals surface area (Å²) in [6.07, 6.45) is 6.04. The summed E-state index contributed by atoms with van der Waals surface area (Å²) in [5, 5.41) is 12.8. The molecule has 2 aromatic rings. The Kier molecular flexibility index (Phi) is 9.54. The van der Waals surface area contributed by atoms with Crippen LogP contribution in [0.15, 0.2) is 28.8 Å². The number of phenolic OH excluding ortho intramolecular Hbond substituents is 1. The second-order valence-electron chi connectivity index (χ2n) is 6.95. The number of halogens is 1. The summed E-state index contributed by atoms with van der Waals surface area (Å²) in [5.41, 5.74) is 6.86. The number of aromatic nitrogens is 1. The minimum absolute atomic E-state index is 0.219. The second kappa shape index (κ2) is 11.4. The zero-order valence-electron chi connectivity index (χ0n) is 16.7. The molecule has 0 saturated heterocycles. The maximum atomic E-state index is 12.5. The number of nitrogen functional groups attached to an aromatic ring is 1. The molecule has 0 amide bonds. The minimum atomic E-state index is -0.766. The molecule has 0 aliphatic heterocycles. The number of Topliss-reactive ketones (excluding diaryl/α,β-unsaturated/α-hetero) is 1. The van der Waals surface area contributed by atoms with E-state index >= 15 is 0 Å². The predicted molar refractivity (Wildman–Crippen MR) is 105 cm³/mol. The van der Waals surface area contributed by atoms with Crippen molar-refractivity contribution < 1.29 is 18.8 Å². The van der Waals surface area contributed by atoms with Gasteiger partial charge in [-0.3, -0.25) is 4.79 Å². The van der Waals surface area contributed by atoms with Gasteiger partial charge in [0.15, 0.2) is 17.3 Å². The molecule has 27 heavy (non-hydrogen) atoms. The van der Waals surface area contributed by atoms with Crippen LogP contribution >= 0.6 is 0 Å². The van der Waals surface area contributed by atoms with Gasteiger partial charge in [-0.05, 0) is 43.9 Å². The van der Waals surface area contributed by atoms with Gasteiger partial charge in [-0.1, -0.05) is 45.2 Å². The lowest BCUT2D eigenvalue weighted by molar-refractivity contribution is 0.101. The molecule has 0 aliphatic carbocycles. The molecule has 0 aliphatic rings. The van der Waals surface area contributed by atoms with E-state index in [9.17, 15) is 9.18 Å². The zero-order valence-corrected chi connectivity index (χ0v) is 16.7. The van der Waals surface area contributed by atoms with Crippen molar-refractivity contribution in [2.75, 3.05) is 5.73 Å². The Bertz CT molecular complexity index is 715. The van der Waals surface area contributed by atoms with Gasteiger partial charge in [0, 0.05) is 17.5 Å². The highest BCUT2D eigenvalue weighted by molar-refractivity contribution is 5.94. The highest BCUT2D eigenvalue weighted by Gasteiger charge is 2.16. The Morgan fingerprint density at radius 2 is 1.96 bits per heavy atom. The second-order valence-corrected chi connectivity index (χ2v) is 6.95. The normalized spacial score (nSPS) is 12.8. The molecule has 0 fully saturated rings. The first kappa shape index (κ1) is 22.7. The van der Waals surface area contributed by atoms with Crippen LogP contribution in [0.4, 0.5) is 10.3 Å². The van der Waals surface area contributed by atoms with Crippen molar-refractivity contribution in [2.24, 2.45) is 5.92 Å². The Hall–Kier alpha value is -2.37. The number of nitrogens with zero attached hydrogens (tertiary/aromatic N) is 1. The number of carbonyl (C=O) groups is 1. The van der Waals surface area contributed by atoms with Gasteiger partial charge in [-0.15, -0.1) is 0 Å². The van der Waals surface area contributed by atoms with Crippen molar-refractivity contribution in [3.05, 3.63) is 41.3 Å². The van der Waals surface area contributed by atoms with Gasteiger partial charge in [-0.2, -0.15) is 0 Å². The monoisotopic (exact) mass is 378 g/mol. The van der Waals surface area contributed by atoms with E-state index in [1.54, 1.807) is 0 Å². The number of ketones is 1. The summed E-state index contributed by atoms with van der Waals surface area (Å²) in [7, 11) is 0.